The number of aliphatic imine (C=N–C) groups is 1. The first-order valence-corrected chi connectivity index (χ1v) is 10.1. The van der Waals surface area contributed by atoms with E-state index < -0.39 is 0 Å². The van der Waals surface area contributed by atoms with Crippen LogP contribution in [0.2, 0.25) is 0 Å². The van der Waals surface area contributed by atoms with Crippen molar-refractivity contribution in [1.82, 2.24) is 20.2 Å². The molecule has 1 aliphatic carbocycles. The van der Waals surface area contributed by atoms with Crippen molar-refractivity contribution in [1.29, 1.82) is 0 Å². The molecule has 3 atom stereocenters. The number of guanidine groups is 1. The number of anilines is 1. The maximum atomic E-state index is 4.71. The topological polar surface area (TPSA) is 65.4 Å². The molecule has 0 amide bonds. The normalized spacial score (nSPS) is 26.5. The molecule has 0 radical (unpaired) electrons. The predicted octanol–water partition coefficient (Wildman–Crippen LogP) is 3.66. The maximum absolute atomic E-state index is 4.71. The van der Waals surface area contributed by atoms with Gasteiger partial charge in [0.2, 0.25) is 11.9 Å². The van der Waals surface area contributed by atoms with E-state index in [2.05, 4.69) is 64.5 Å². The second-order valence-corrected chi connectivity index (χ2v) is 8.18. The summed E-state index contributed by atoms with van der Waals surface area (Å²) >= 11 is 0. The van der Waals surface area contributed by atoms with Gasteiger partial charge in [0.25, 0.3) is 0 Å². The minimum absolute atomic E-state index is 0.602. The zero-order valence-corrected chi connectivity index (χ0v) is 16.8. The summed E-state index contributed by atoms with van der Waals surface area (Å²) in [6.07, 6.45) is 3.95. The van der Waals surface area contributed by atoms with Gasteiger partial charge in [-0.25, -0.2) is 15.0 Å². The van der Waals surface area contributed by atoms with E-state index in [9.17, 15) is 0 Å². The Hall–Kier alpha value is -2.21. The van der Waals surface area contributed by atoms with Gasteiger partial charge in [-0.3, -0.25) is 10.2 Å². The number of aryl methyl sites for hydroxylation is 2. The quantitative estimate of drug-likeness (QED) is 0.849. The maximum Gasteiger partial charge on any atom is 0.230 e. The largest absolute Gasteiger partial charge is 0.343 e. The summed E-state index contributed by atoms with van der Waals surface area (Å²) < 4.78 is 0. The minimum Gasteiger partial charge on any atom is -0.343 e. The summed E-state index contributed by atoms with van der Waals surface area (Å²) in [4.78, 5) is 16.4. The third-order valence-electron chi connectivity index (χ3n) is 6.27. The molecule has 6 heteroatoms. The van der Waals surface area contributed by atoms with Gasteiger partial charge in [-0.1, -0.05) is 38.8 Å². The van der Waals surface area contributed by atoms with Crippen LogP contribution in [0.1, 0.15) is 44.4 Å². The third kappa shape index (κ3) is 3.76. The molecule has 1 aromatic heterocycles. The van der Waals surface area contributed by atoms with Crippen LogP contribution < -0.4 is 10.6 Å². The van der Waals surface area contributed by atoms with Gasteiger partial charge in [0, 0.05) is 11.4 Å². The average Bonchev–Trinajstić information content (AvgIpc) is 2.64. The molecule has 1 aliphatic heterocycles. The van der Waals surface area contributed by atoms with Crippen LogP contribution in [0.4, 0.5) is 5.95 Å². The number of hydrogen-bond donors (Lipinski definition) is 2. The highest BCUT2D eigenvalue weighted by Gasteiger charge is 2.32. The van der Waals surface area contributed by atoms with Crippen LogP contribution in [0.25, 0.3) is 10.9 Å². The van der Waals surface area contributed by atoms with Gasteiger partial charge in [-0.15, -0.1) is 0 Å². The fourth-order valence-corrected chi connectivity index (χ4v) is 4.38. The lowest BCUT2D eigenvalue weighted by Gasteiger charge is -2.42. The second kappa shape index (κ2) is 7.43. The molecule has 0 saturated heterocycles. The number of rotatable bonds is 2. The predicted molar refractivity (Wildman–Crippen MR) is 111 cm³/mol. The van der Waals surface area contributed by atoms with E-state index in [1.165, 1.54) is 24.8 Å². The zero-order chi connectivity index (χ0) is 19.0. The molecular formula is C21H30N6. The fraction of sp³-hybridized carbons (Fsp3) is 0.571. The summed E-state index contributed by atoms with van der Waals surface area (Å²) in [6, 6.07) is 6.90. The van der Waals surface area contributed by atoms with Crippen molar-refractivity contribution in [3.63, 3.8) is 0 Å². The van der Waals surface area contributed by atoms with E-state index in [0.717, 1.165) is 47.7 Å². The standard InChI is InChI=1S/C21H30N6/c1-13-8-9-17-16(4)24-21(25-18(17)10-13)26-20-22-11-27(12-23-20)19-7-5-6-14(2)15(19)3/h8-10,14-15,19H,5-7,11-12H2,1-4H3,(H2,22,23,24,25,26). The monoisotopic (exact) mass is 366 g/mol. The van der Waals surface area contributed by atoms with Gasteiger partial charge in [-0.2, -0.15) is 0 Å². The highest BCUT2D eigenvalue weighted by molar-refractivity contribution is 5.93. The molecule has 0 spiro atoms. The second-order valence-electron chi connectivity index (χ2n) is 8.18. The third-order valence-corrected chi connectivity index (χ3v) is 6.27. The van der Waals surface area contributed by atoms with Crippen LogP contribution in [-0.4, -0.2) is 40.2 Å². The van der Waals surface area contributed by atoms with Crippen molar-refractivity contribution in [3.05, 3.63) is 29.5 Å². The van der Waals surface area contributed by atoms with E-state index in [-0.39, 0.29) is 0 Å². The fourth-order valence-electron chi connectivity index (χ4n) is 4.38. The Bertz CT molecular complexity index is 861. The number of hydrogen-bond acceptors (Lipinski definition) is 6. The molecule has 2 N–H and O–H groups in total. The summed E-state index contributed by atoms with van der Waals surface area (Å²) in [5, 5.41) is 7.77. The molecule has 1 saturated carbocycles. The Morgan fingerprint density at radius 2 is 2.00 bits per heavy atom. The van der Waals surface area contributed by atoms with Crippen molar-refractivity contribution in [3.8, 4) is 0 Å². The van der Waals surface area contributed by atoms with Crippen molar-refractivity contribution < 1.29 is 0 Å². The van der Waals surface area contributed by atoms with Crippen LogP contribution in [0, 0.1) is 25.7 Å². The number of fused-ring (bicyclic) bond motifs is 1. The summed E-state index contributed by atoms with van der Waals surface area (Å²) in [5.41, 5.74) is 3.14. The molecule has 3 unspecified atom stereocenters. The van der Waals surface area contributed by atoms with Crippen molar-refractivity contribution in [2.75, 3.05) is 18.7 Å². The molecule has 2 aromatic rings. The van der Waals surface area contributed by atoms with Crippen LogP contribution in [0.3, 0.4) is 0 Å². The van der Waals surface area contributed by atoms with E-state index in [1.807, 2.05) is 6.92 Å². The molecule has 2 aliphatic rings. The van der Waals surface area contributed by atoms with Crippen LogP contribution in [0.15, 0.2) is 23.2 Å². The van der Waals surface area contributed by atoms with Crippen molar-refractivity contribution in [2.45, 2.75) is 53.0 Å². The average molecular weight is 367 g/mol. The Kier molecular flexibility index (Phi) is 5.00. The summed E-state index contributed by atoms with van der Waals surface area (Å²) in [5.74, 6) is 2.88. The van der Waals surface area contributed by atoms with E-state index in [4.69, 9.17) is 4.99 Å². The molecule has 27 heavy (non-hydrogen) atoms. The molecule has 6 nitrogen and oxygen atoms in total. The van der Waals surface area contributed by atoms with Gasteiger partial charge in [0.15, 0.2) is 0 Å². The minimum atomic E-state index is 0.602. The van der Waals surface area contributed by atoms with Gasteiger partial charge in [-0.05, 0) is 43.7 Å². The molecule has 2 heterocycles. The lowest BCUT2D eigenvalue weighted by molar-refractivity contribution is 0.0771. The smallest absolute Gasteiger partial charge is 0.230 e. The van der Waals surface area contributed by atoms with Crippen molar-refractivity contribution >= 4 is 22.8 Å². The Labute approximate surface area is 161 Å². The first-order chi connectivity index (χ1) is 13.0. The first-order valence-electron chi connectivity index (χ1n) is 10.1. The summed E-state index contributed by atoms with van der Waals surface area (Å²) in [6.45, 7) is 10.4. The highest BCUT2D eigenvalue weighted by atomic mass is 15.4. The van der Waals surface area contributed by atoms with Crippen molar-refractivity contribution in [2.24, 2.45) is 16.8 Å². The summed E-state index contributed by atoms with van der Waals surface area (Å²) in [7, 11) is 0. The lowest BCUT2D eigenvalue weighted by atomic mass is 9.77. The highest BCUT2D eigenvalue weighted by Crippen LogP contribution is 2.32. The lowest BCUT2D eigenvalue weighted by Crippen LogP contribution is -2.53. The van der Waals surface area contributed by atoms with Gasteiger partial charge in [0.05, 0.1) is 24.5 Å². The van der Waals surface area contributed by atoms with Gasteiger partial charge in [0.1, 0.15) is 0 Å². The van der Waals surface area contributed by atoms with Gasteiger partial charge < -0.3 is 5.32 Å². The van der Waals surface area contributed by atoms with Crippen LogP contribution >= 0.6 is 0 Å². The number of nitrogens with zero attached hydrogens (tertiary/aromatic N) is 4. The molecule has 1 aromatic carbocycles. The van der Waals surface area contributed by atoms with E-state index in [0.29, 0.717) is 12.0 Å². The van der Waals surface area contributed by atoms with Crippen LogP contribution in [0.5, 0.6) is 0 Å². The molecule has 1 fully saturated rings. The Morgan fingerprint density at radius 3 is 2.78 bits per heavy atom. The Morgan fingerprint density at radius 1 is 1.15 bits per heavy atom. The number of nitrogens with one attached hydrogen (secondary N) is 2. The van der Waals surface area contributed by atoms with E-state index in [1.54, 1.807) is 0 Å². The molecule has 0 bridgehead atoms. The molecular weight excluding hydrogens is 336 g/mol. The van der Waals surface area contributed by atoms with Crippen LogP contribution in [-0.2, 0) is 0 Å². The molecule has 144 valence electrons. The number of aromatic nitrogens is 2. The van der Waals surface area contributed by atoms with E-state index >= 15 is 0 Å². The molecule has 4 rings (SSSR count). The Balaban J connectivity index is 1.46. The zero-order valence-electron chi connectivity index (χ0n) is 16.8. The van der Waals surface area contributed by atoms with Gasteiger partial charge >= 0.3 is 0 Å². The SMILES string of the molecule is Cc1ccc2c(C)nc(NC3=NCN(C4CCCC(C)C4C)CN3)nc2c1. The number of benzene rings is 1. The first kappa shape index (κ1) is 18.2.